The van der Waals surface area contributed by atoms with Crippen molar-refractivity contribution >= 4 is 11.6 Å². The van der Waals surface area contributed by atoms with Gasteiger partial charge in [-0.15, -0.1) is 0 Å². The van der Waals surface area contributed by atoms with Gasteiger partial charge in [0.25, 0.3) is 0 Å². The van der Waals surface area contributed by atoms with Crippen LogP contribution in [0.3, 0.4) is 0 Å². The van der Waals surface area contributed by atoms with E-state index < -0.39 is 5.41 Å². The van der Waals surface area contributed by atoms with Crippen LogP contribution < -0.4 is 4.90 Å². The average Bonchev–Trinajstić information content (AvgIpc) is 2.59. The van der Waals surface area contributed by atoms with Crippen molar-refractivity contribution in [1.29, 1.82) is 0 Å². The van der Waals surface area contributed by atoms with Crippen LogP contribution in [0.4, 0.5) is 5.69 Å². The van der Waals surface area contributed by atoms with Crippen LogP contribution in [-0.2, 0) is 10.2 Å². The van der Waals surface area contributed by atoms with Crippen LogP contribution >= 0.6 is 0 Å². The zero-order valence-corrected chi connectivity index (χ0v) is 11.7. The van der Waals surface area contributed by atoms with Crippen LogP contribution in [-0.4, -0.2) is 17.9 Å². The number of rotatable bonds is 4. The van der Waals surface area contributed by atoms with Gasteiger partial charge >= 0.3 is 0 Å². The minimum atomic E-state index is -0.394. The molecular formula is C15H22N2O. The molecule has 0 bridgehead atoms. The Morgan fingerprint density at radius 1 is 1.39 bits per heavy atom. The lowest BCUT2D eigenvalue weighted by atomic mass is 9.75. The fourth-order valence-corrected chi connectivity index (χ4v) is 3.05. The standard InChI is InChI=1S/C15H22N2O/c1-5-11(6-2)9-15(3)12-10-16-8-7-13(12)17(4)14(15)18/h7-8,10-11H,5-6,9H2,1-4H3/t15-/m1/s1. The topological polar surface area (TPSA) is 33.2 Å². The Bertz CT molecular complexity index is 454. The maximum absolute atomic E-state index is 12.5. The van der Waals surface area contributed by atoms with E-state index in [1.807, 2.05) is 19.3 Å². The van der Waals surface area contributed by atoms with Crippen molar-refractivity contribution in [1.82, 2.24) is 4.98 Å². The molecule has 1 amide bonds. The van der Waals surface area contributed by atoms with Crippen molar-refractivity contribution in [2.24, 2.45) is 5.92 Å². The molecule has 2 rings (SSSR count). The molecule has 0 unspecified atom stereocenters. The molecule has 1 atom stereocenters. The number of hydrogen-bond donors (Lipinski definition) is 0. The molecular weight excluding hydrogens is 224 g/mol. The first-order valence-electron chi connectivity index (χ1n) is 6.77. The monoisotopic (exact) mass is 246 g/mol. The number of aromatic nitrogens is 1. The molecule has 0 spiro atoms. The third-order valence-corrected chi connectivity index (χ3v) is 4.38. The Labute approximate surface area is 109 Å². The van der Waals surface area contributed by atoms with E-state index in [1.165, 1.54) is 0 Å². The van der Waals surface area contributed by atoms with E-state index >= 15 is 0 Å². The van der Waals surface area contributed by atoms with Gasteiger partial charge in [-0.05, 0) is 25.3 Å². The van der Waals surface area contributed by atoms with Crippen molar-refractivity contribution in [3.05, 3.63) is 24.0 Å². The van der Waals surface area contributed by atoms with E-state index in [4.69, 9.17) is 0 Å². The Morgan fingerprint density at radius 2 is 2.06 bits per heavy atom. The number of likely N-dealkylation sites (N-methyl/N-ethyl adjacent to an activating group) is 1. The molecule has 1 aromatic heterocycles. The summed E-state index contributed by atoms with van der Waals surface area (Å²) in [5.74, 6) is 0.802. The summed E-state index contributed by atoms with van der Waals surface area (Å²) in [4.78, 5) is 18.5. The van der Waals surface area contributed by atoms with E-state index in [2.05, 4.69) is 25.8 Å². The smallest absolute Gasteiger partial charge is 0.237 e. The molecule has 1 aliphatic rings. The highest BCUT2D eigenvalue weighted by molar-refractivity contribution is 6.07. The highest BCUT2D eigenvalue weighted by atomic mass is 16.2. The van der Waals surface area contributed by atoms with Gasteiger partial charge in [-0.2, -0.15) is 0 Å². The Morgan fingerprint density at radius 3 is 2.67 bits per heavy atom. The predicted molar refractivity (Wildman–Crippen MR) is 73.7 cm³/mol. The van der Waals surface area contributed by atoms with Crippen molar-refractivity contribution in [3.8, 4) is 0 Å². The van der Waals surface area contributed by atoms with E-state index in [0.717, 1.165) is 30.5 Å². The predicted octanol–water partition coefficient (Wildman–Crippen LogP) is 3.14. The fraction of sp³-hybridized carbons (Fsp3) is 0.600. The summed E-state index contributed by atoms with van der Waals surface area (Å²) in [6.45, 7) is 6.47. The summed E-state index contributed by atoms with van der Waals surface area (Å²) in [5.41, 5.74) is 1.71. The van der Waals surface area contributed by atoms with Crippen molar-refractivity contribution in [3.63, 3.8) is 0 Å². The fourth-order valence-electron chi connectivity index (χ4n) is 3.05. The molecule has 0 N–H and O–H groups in total. The molecule has 98 valence electrons. The number of anilines is 1. The molecule has 2 heterocycles. The summed E-state index contributed by atoms with van der Waals surface area (Å²) in [7, 11) is 1.86. The largest absolute Gasteiger partial charge is 0.314 e. The van der Waals surface area contributed by atoms with Gasteiger partial charge < -0.3 is 4.90 Å². The number of carbonyl (C=O) groups is 1. The average molecular weight is 246 g/mol. The number of pyridine rings is 1. The molecule has 0 saturated carbocycles. The van der Waals surface area contributed by atoms with Crippen LogP contribution in [0.25, 0.3) is 0 Å². The summed E-state index contributed by atoms with van der Waals surface area (Å²) >= 11 is 0. The lowest BCUT2D eigenvalue weighted by molar-refractivity contribution is -0.123. The second-order valence-electron chi connectivity index (χ2n) is 5.48. The first kappa shape index (κ1) is 13.1. The van der Waals surface area contributed by atoms with Gasteiger partial charge in [-0.1, -0.05) is 26.7 Å². The first-order valence-corrected chi connectivity index (χ1v) is 6.77. The van der Waals surface area contributed by atoms with Gasteiger partial charge in [0.1, 0.15) is 0 Å². The molecule has 0 aliphatic carbocycles. The first-order chi connectivity index (χ1) is 8.54. The number of hydrogen-bond acceptors (Lipinski definition) is 2. The number of amides is 1. The quantitative estimate of drug-likeness (QED) is 0.817. The highest BCUT2D eigenvalue weighted by Crippen LogP contribution is 2.44. The van der Waals surface area contributed by atoms with Crippen LogP contribution in [0.5, 0.6) is 0 Å². The van der Waals surface area contributed by atoms with Crippen molar-refractivity contribution in [2.75, 3.05) is 11.9 Å². The minimum absolute atomic E-state index is 0.206. The maximum atomic E-state index is 12.5. The Balaban J connectivity index is 2.41. The molecule has 0 saturated heterocycles. The van der Waals surface area contributed by atoms with Crippen LogP contribution in [0, 0.1) is 5.92 Å². The van der Waals surface area contributed by atoms with Crippen molar-refractivity contribution < 1.29 is 4.79 Å². The molecule has 1 aliphatic heterocycles. The van der Waals surface area contributed by atoms with E-state index in [1.54, 1.807) is 11.1 Å². The van der Waals surface area contributed by atoms with E-state index in [0.29, 0.717) is 5.92 Å². The maximum Gasteiger partial charge on any atom is 0.237 e. The molecule has 0 radical (unpaired) electrons. The zero-order chi connectivity index (χ0) is 13.3. The SMILES string of the molecule is CCC(CC)C[C@@]1(C)C(=O)N(C)c2ccncc21. The summed E-state index contributed by atoms with van der Waals surface area (Å²) in [6.07, 6.45) is 6.78. The zero-order valence-electron chi connectivity index (χ0n) is 11.7. The van der Waals surface area contributed by atoms with Crippen molar-refractivity contribution in [2.45, 2.75) is 45.4 Å². The molecule has 1 aromatic rings. The number of carbonyl (C=O) groups excluding carboxylic acids is 1. The minimum Gasteiger partial charge on any atom is -0.314 e. The lowest BCUT2D eigenvalue weighted by Gasteiger charge is -2.27. The second-order valence-corrected chi connectivity index (χ2v) is 5.48. The molecule has 3 heteroatoms. The number of nitrogens with zero attached hydrogens (tertiary/aromatic N) is 2. The third kappa shape index (κ3) is 1.82. The summed E-state index contributed by atoms with van der Waals surface area (Å²) in [6, 6.07) is 1.94. The van der Waals surface area contributed by atoms with Gasteiger partial charge in [0.15, 0.2) is 0 Å². The molecule has 3 nitrogen and oxygen atoms in total. The molecule has 0 fully saturated rings. The van der Waals surface area contributed by atoms with Gasteiger partial charge in [0.05, 0.1) is 11.1 Å². The number of fused-ring (bicyclic) bond motifs is 1. The Kier molecular flexibility index (Phi) is 3.42. The van der Waals surface area contributed by atoms with E-state index in [-0.39, 0.29) is 5.91 Å². The van der Waals surface area contributed by atoms with Crippen LogP contribution in [0.15, 0.2) is 18.5 Å². The van der Waals surface area contributed by atoms with Crippen LogP contribution in [0.1, 0.15) is 45.6 Å². The molecule has 0 aromatic carbocycles. The van der Waals surface area contributed by atoms with Gasteiger partial charge in [0.2, 0.25) is 5.91 Å². The third-order valence-electron chi connectivity index (χ3n) is 4.38. The molecule has 18 heavy (non-hydrogen) atoms. The van der Waals surface area contributed by atoms with Gasteiger partial charge in [-0.25, -0.2) is 0 Å². The summed E-state index contributed by atoms with van der Waals surface area (Å²) in [5, 5.41) is 0. The summed E-state index contributed by atoms with van der Waals surface area (Å²) < 4.78 is 0. The highest BCUT2D eigenvalue weighted by Gasteiger charge is 2.46. The van der Waals surface area contributed by atoms with Crippen LogP contribution in [0.2, 0.25) is 0 Å². The second kappa shape index (κ2) is 4.71. The van der Waals surface area contributed by atoms with E-state index in [9.17, 15) is 4.79 Å². The van der Waals surface area contributed by atoms with Gasteiger partial charge in [-0.3, -0.25) is 9.78 Å². The normalized spacial score (nSPS) is 22.7. The lowest BCUT2D eigenvalue weighted by Crippen LogP contribution is -2.37. The Hall–Kier alpha value is -1.38. The van der Waals surface area contributed by atoms with Gasteiger partial charge in [0, 0.05) is 25.0 Å².